The molecule has 0 aromatic carbocycles. The second kappa shape index (κ2) is 7.01. The Bertz CT molecular complexity index is 389. The molecular weight excluding hydrogens is 234 g/mol. The Kier molecular flexibility index (Phi) is 5.34. The fraction of sp³-hybridized carbons (Fsp3) is 0.688. The van der Waals surface area contributed by atoms with E-state index in [4.69, 9.17) is 0 Å². The first-order valence-corrected chi connectivity index (χ1v) is 7.50. The van der Waals surface area contributed by atoms with Crippen LogP contribution in [-0.4, -0.2) is 35.6 Å². The number of aromatic nitrogens is 1. The smallest absolute Gasteiger partial charge is 0.0313 e. The minimum Gasteiger partial charge on any atom is -0.313 e. The molecule has 106 valence electrons. The van der Waals surface area contributed by atoms with E-state index in [2.05, 4.69) is 42.0 Å². The predicted octanol–water partition coefficient (Wildman–Crippen LogP) is 2.60. The molecule has 3 nitrogen and oxygen atoms in total. The molecule has 1 fully saturated rings. The van der Waals surface area contributed by atoms with Crippen molar-refractivity contribution in [1.29, 1.82) is 0 Å². The van der Waals surface area contributed by atoms with Gasteiger partial charge in [0.25, 0.3) is 0 Å². The third-order valence-electron chi connectivity index (χ3n) is 3.66. The van der Waals surface area contributed by atoms with Gasteiger partial charge in [-0.1, -0.05) is 19.9 Å². The highest BCUT2D eigenvalue weighted by atomic mass is 15.2. The van der Waals surface area contributed by atoms with Crippen molar-refractivity contribution in [1.82, 2.24) is 15.2 Å². The van der Waals surface area contributed by atoms with Crippen LogP contribution in [0.25, 0.3) is 0 Å². The lowest BCUT2D eigenvalue weighted by Gasteiger charge is -2.25. The maximum absolute atomic E-state index is 4.30. The molecule has 19 heavy (non-hydrogen) atoms. The molecule has 0 aliphatic carbocycles. The predicted molar refractivity (Wildman–Crippen MR) is 80.1 cm³/mol. The molecule has 2 heterocycles. The number of nitrogens with one attached hydrogen (secondary N) is 1. The van der Waals surface area contributed by atoms with Crippen LogP contribution in [0, 0.1) is 12.8 Å². The van der Waals surface area contributed by atoms with Crippen molar-refractivity contribution in [2.45, 2.75) is 46.2 Å². The minimum absolute atomic E-state index is 0.639. The molecule has 3 heteroatoms. The lowest BCUT2D eigenvalue weighted by atomic mass is 10.0. The summed E-state index contributed by atoms with van der Waals surface area (Å²) >= 11 is 0. The lowest BCUT2D eigenvalue weighted by Crippen LogP contribution is -2.38. The molecule has 0 radical (unpaired) electrons. The Morgan fingerprint density at radius 3 is 3.00 bits per heavy atom. The number of nitrogens with zero attached hydrogens (tertiary/aromatic N) is 2. The summed E-state index contributed by atoms with van der Waals surface area (Å²) in [5.74, 6) is 0.762. The molecule has 1 N–H and O–H groups in total. The topological polar surface area (TPSA) is 28.2 Å². The zero-order chi connectivity index (χ0) is 13.7. The normalized spacial score (nSPS) is 21.6. The van der Waals surface area contributed by atoms with Crippen molar-refractivity contribution in [3.63, 3.8) is 0 Å². The van der Waals surface area contributed by atoms with Gasteiger partial charge in [0.2, 0.25) is 0 Å². The van der Waals surface area contributed by atoms with Crippen LogP contribution in [-0.2, 0) is 6.54 Å². The van der Waals surface area contributed by atoms with E-state index in [0.29, 0.717) is 6.04 Å². The van der Waals surface area contributed by atoms with Gasteiger partial charge in [-0.05, 0) is 49.9 Å². The maximum Gasteiger partial charge on any atom is 0.0313 e. The van der Waals surface area contributed by atoms with Crippen molar-refractivity contribution >= 4 is 0 Å². The summed E-state index contributed by atoms with van der Waals surface area (Å²) in [4.78, 5) is 6.87. The van der Waals surface area contributed by atoms with Crippen molar-refractivity contribution in [2.24, 2.45) is 5.92 Å². The Labute approximate surface area is 117 Å². The summed E-state index contributed by atoms with van der Waals surface area (Å²) in [5, 5.41) is 3.68. The zero-order valence-electron chi connectivity index (χ0n) is 12.5. The zero-order valence-corrected chi connectivity index (χ0v) is 12.5. The molecule has 1 unspecified atom stereocenters. The summed E-state index contributed by atoms with van der Waals surface area (Å²) in [6, 6.07) is 2.89. The van der Waals surface area contributed by atoms with Gasteiger partial charge in [0.1, 0.15) is 0 Å². The van der Waals surface area contributed by atoms with Crippen LogP contribution in [0.15, 0.2) is 18.5 Å². The first-order valence-electron chi connectivity index (χ1n) is 7.50. The maximum atomic E-state index is 4.30. The molecule has 1 aliphatic heterocycles. The van der Waals surface area contributed by atoms with Gasteiger partial charge in [0, 0.05) is 31.5 Å². The van der Waals surface area contributed by atoms with Crippen LogP contribution >= 0.6 is 0 Å². The van der Waals surface area contributed by atoms with E-state index in [1.807, 2.05) is 12.4 Å². The highest BCUT2D eigenvalue weighted by molar-refractivity contribution is 5.16. The quantitative estimate of drug-likeness (QED) is 0.903. The van der Waals surface area contributed by atoms with Gasteiger partial charge in [0.15, 0.2) is 0 Å². The van der Waals surface area contributed by atoms with Gasteiger partial charge >= 0.3 is 0 Å². The van der Waals surface area contributed by atoms with E-state index in [9.17, 15) is 0 Å². The molecule has 0 amide bonds. The van der Waals surface area contributed by atoms with Crippen LogP contribution in [0.4, 0.5) is 0 Å². The highest BCUT2D eigenvalue weighted by Gasteiger charge is 2.18. The van der Waals surface area contributed by atoms with Gasteiger partial charge < -0.3 is 5.32 Å². The van der Waals surface area contributed by atoms with Crippen molar-refractivity contribution in [2.75, 3.05) is 19.6 Å². The summed E-state index contributed by atoms with van der Waals surface area (Å²) in [6.45, 7) is 11.3. The first kappa shape index (κ1) is 14.5. The molecule has 2 rings (SSSR count). The number of hydrogen-bond donors (Lipinski definition) is 1. The molecule has 0 bridgehead atoms. The van der Waals surface area contributed by atoms with E-state index in [-0.39, 0.29) is 0 Å². The Morgan fingerprint density at radius 2 is 2.26 bits per heavy atom. The Balaban J connectivity index is 1.94. The Hall–Kier alpha value is -0.930. The van der Waals surface area contributed by atoms with Crippen molar-refractivity contribution in [3.05, 3.63) is 29.6 Å². The second-order valence-electron chi connectivity index (χ2n) is 6.24. The first-order chi connectivity index (χ1) is 9.13. The monoisotopic (exact) mass is 261 g/mol. The van der Waals surface area contributed by atoms with Crippen LogP contribution in [0.3, 0.4) is 0 Å². The average molecular weight is 261 g/mol. The molecular formula is C16H27N3. The van der Waals surface area contributed by atoms with Gasteiger partial charge in [0.05, 0.1) is 0 Å². The Morgan fingerprint density at radius 1 is 1.42 bits per heavy atom. The molecule has 1 aliphatic rings. The van der Waals surface area contributed by atoms with Gasteiger partial charge in [-0.2, -0.15) is 0 Å². The summed E-state index contributed by atoms with van der Waals surface area (Å²) in [7, 11) is 0. The number of aryl methyl sites for hydroxylation is 1. The molecule has 1 saturated heterocycles. The molecule has 1 aromatic heterocycles. The molecule has 1 aromatic rings. The largest absolute Gasteiger partial charge is 0.313 e. The van der Waals surface area contributed by atoms with Crippen molar-refractivity contribution in [3.8, 4) is 0 Å². The van der Waals surface area contributed by atoms with Crippen LogP contribution in [0.5, 0.6) is 0 Å². The number of rotatable bonds is 4. The van der Waals surface area contributed by atoms with E-state index < -0.39 is 0 Å². The van der Waals surface area contributed by atoms with E-state index in [1.165, 1.54) is 30.5 Å². The van der Waals surface area contributed by atoms with Gasteiger partial charge in [-0.3, -0.25) is 9.88 Å². The SMILES string of the molecule is Cc1cncc(CN2CCCNC(CC(C)C)C2)c1. The minimum atomic E-state index is 0.639. The summed E-state index contributed by atoms with van der Waals surface area (Å²) in [6.07, 6.45) is 6.44. The standard InChI is InChI=1S/C16H27N3/c1-13(2)7-16-12-19(6-4-5-18-16)11-15-8-14(3)9-17-10-15/h8-10,13,16,18H,4-7,11-12H2,1-3H3. The third-order valence-corrected chi connectivity index (χ3v) is 3.66. The summed E-state index contributed by atoms with van der Waals surface area (Å²) < 4.78 is 0. The van der Waals surface area contributed by atoms with Gasteiger partial charge in [-0.15, -0.1) is 0 Å². The van der Waals surface area contributed by atoms with Gasteiger partial charge in [-0.25, -0.2) is 0 Å². The third kappa shape index (κ3) is 4.92. The van der Waals surface area contributed by atoms with E-state index in [1.54, 1.807) is 0 Å². The number of pyridine rings is 1. The van der Waals surface area contributed by atoms with Crippen LogP contribution < -0.4 is 5.32 Å². The molecule has 1 atom stereocenters. The van der Waals surface area contributed by atoms with E-state index in [0.717, 1.165) is 25.6 Å². The average Bonchev–Trinajstić information content (AvgIpc) is 2.53. The highest BCUT2D eigenvalue weighted by Crippen LogP contribution is 2.13. The molecule has 0 spiro atoms. The van der Waals surface area contributed by atoms with Crippen molar-refractivity contribution < 1.29 is 0 Å². The van der Waals surface area contributed by atoms with Crippen LogP contribution in [0.2, 0.25) is 0 Å². The molecule has 0 saturated carbocycles. The number of hydrogen-bond acceptors (Lipinski definition) is 3. The lowest BCUT2D eigenvalue weighted by molar-refractivity contribution is 0.247. The fourth-order valence-corrected chi connectivity index (χ4v) is 2.91. The summed E-state index contributed by atoms with van der Waals surface area (Å²) in [5.41, 5.74) is 2.59. The fourth-order valence-electron chi connectivity index (χ4n) is 2.91. The second-order valence-corrected chi connectivity index (χ2v) is 6.24. The van der Waals surface area contributed by atoms with Crippen LogP contribution in [0.1, 0.15) is 37.8 Å². The van der Waals surface area contributed by atoms with E-state index >= 15 is 0 Å².